The molecule has 0 aliphatic carbocycles. The van der Waals surface area contributed by atoms with Crippen molar-refractivity contribution in [3.05, 3.63) is 35.4 Å². The van der Waals surface area contributed by atoms with E-state index >= 15 is 0 Å². The molecular formula is C16H23F2N3O7P+. The van der Waals surface area contributed by atoms with Gasteiger partial charge in [-0.05, 0) is 31.5 Å². The summed E-state index contributed by atoms with van der Waals surface area (Å²) < 4.78 is 27.5. The SMILES string of the molecule is C[C@H](N)C(=O)N[C@@H](Cc1ccc(C(F)(F)[P+](O)(O)O)cc1)C(=O)N[C@@H](C)C(=O)O. The van der Waals surface area contributed by atoms with Crippen LogP contribution in [0, 0.1) is 0 Å². The summed E-state index contributed by atoms with van der Waals surface area (Å²) in [7, 11) is -5.48. The van der Waals surface area contributed by atoms with Crippen molar-refractivity contribution in [2.75, 3.05) is 0 Å². The van der Waals surface area contributed by atoms with Crippen molar-refractivity contribution >= 4 is 25.7 Å². The molecule has 1 aromatic rings. The number of alkyl halides is 2. The lowest BCUT2D eigenvalue weighted by Crippen LogP contribution is -2.54. The topological polar surface area (TPSA) is 182 Å². The van der Waals surface area contributed by atoms with E-state index in [1.807, 2.05) is 0 Å². The highest BCUT2D eigenvalue weighted by Crippen LogP contribution is 2.65. The van der Waals surface area contributed by atoms with E-state index in [2.05, 4.69) is 10.6 Å². The fourth-order valence-electron chi connectivity index (χ4n) is 2.14. The Morgan fingerprint density at radius 2 is 1.59 bits per heavy atom. The zero-order chi connectivity index (χ0) is 22.6. The number of rotatable bonds is 9. The number of nitrogens with one attached hydrogen (secondary N) is 2. The van der Waals surface area contributed by atoms with Gasteiger partial charge in [0.25, 0.3) is 0 Å². The van der Waals surface area contributed by atoms with Gasteiger partial charge in [-0.1, -0.05) is 12.1 Å². The number of carbonyl (C=O) groups excluding carboxylic acids is 2. The van der Waals surface area contributed by atoms with Crippen molar-refractivity contribution in [1.82, 2.24) is 10.6 Å². The number of halogens is 2. The second-order valence-electron chi connectivity index (χ2n) is 6.43. The number of carbonyl (C=O) groups is 3. The first-order valence-electron chi connectivity index (χ1n) is 8.30. The Bertz CT molecular complexity index is 754. The minimum atomic E-state index is -5.48. The first kappa shape index (κ1) is 24.8. The van der Waals surface area contributed by atoms with Gasteiger partial charge in [-0.15, -0.1) is 0 Å². The summed E-state index contributed by atoms with van der Waals surface area (Å²) in [5.74, 6) is -2.81. The van der Waals surface area contributed by atoms with Crippen LogP contribution in [-0.4, -0.2) is 55.7 Å². The molecule has 0 aromatic heterocycles. The average Bonchev–Trinajstić information content (AvgIpc) is 2.60. The van der Waals surface area contributed by atoms with Gasteiger partial charge in [-0.2, -0.15) is 23.5 Å². The minimum Gasteiger partial charge on any atom is -0.480 e. The number of amides is 2. The van der Waals surface area contributed by atoms with Crippen LogP contribution in [0.25, 0.3) is 0 Å². The van der Waals surface area contributed by atoms with Crippen molar-refractivity contribution in [2.45, 2.75) is 44.1 Å². The zero-order valence-electron chi connectivity index (χ0n) is 15.5. The quantitative estimate of drug-likeness (QED) is 0.250. The molecule has 0 aliphatic rings. The van der Waals surface area contributed by atoms with Crippen LogP contribution in [0.15, 0.2) is 24.3 Å². The normalized spacial score (nSPS) is 15.2. The van der Waals surface area contributed by atoms with E-state index < -0.39 is 55.1 Å². The molecule has 1 aromatic carbocycles. The Morgan fingerprint density at radius 1 is 1.07 bits per heavy atom. The van der Waals surface area contributed by atoms with Gasteiger partial charge >= 0.3 is 19.6 Å². The Hall–Kier alpha value is -2.24. The standard InChI is InChI=1S/C16H22F2N3O7P/c1-8(19)13(22)21-12(14(23)20-9(2)15(24)25)7-10-3-5-11(6-4-10)16(17,18)29(26,27)28/h3-6,8-9,12,26-28H,7,19H2,1-2H3,(H2-,20,21,22,23,24,25)/p+1/t8-,9-,12-/m0/s1. The van der Waals surface area contributed by atoms with Crippen LogP contribution in [0.4, 0.5) is 8.78 Å². The fourth-order valence-corrected chi connectivity index (χ4v) is 2.63. The van der Waals surface area contributed by atoms with Crippen molar-refractivity contribution < 1.29 is 43.0 Å². The van der Waals surface area contributed by atoms with Crippen LogP contribution in [0.2, 0.25) is 0 Å². The van der Waals surface area contributed by atoms with Crippen molar-refractivity contribution in [1.29, 1.82) is 0 Å². The zero-order valence-corrected chi connectivity index (χ0v) is 16.4. The molecule has 3 atom stereocenters. The van der Waals surface area contributed by atoms with Crippen molar-refractivity contribution in [2.24, 2.45) is 5.73 Å². The summed E-state index contributed by atoms with van der Waals surface area (Å²) in [6, 6.07) is 0.481. The Morgan fingerprint density at radius 3 is 2.00 bits per heavy atom. The number of nitrogens with two attached hydrogens (primary N) is 1. The number of carboxylic acids is 1. The molecule has 2 amide bonds. The number of hydrogen-bond donors (Lipinski definition) is 7. The summed E-state index contributed by atoms with van der Waals surface area (Å²) in [5.41, 5.74) is 0.600. The molecule has 0 bridgehead atoms. The second kappa shape index (κ2) is 9.51. The third-order valence-electron chi connectivity index (χ3n) is 3.89. The fraction of sp³-hybridized carbons (Fsp3) is 0.438. The van der Waals surface area contributed by atoms with E-state index in [9.17, 15) is 23.2 Å². The van der Waals surface area contributed by atoms with Crippen molar-refractivity contribution in [3.63, 3.8) is 0 Å². The van der Waals surface area contributed by atoms with E-state index in [1.54, 1.807) is 0 Å². The highest BCUT2D eigenvalue weighted by molar-refractivity contribution is 7.59. The minimum absolute atomic E-state index is 0.194. The molecule has 0 aliphatic heterocycles. The molecular weight excluding hydrogens is 415 g/mol. The summed E-state index contributed by atoms with van der Waals surface area (Å²) in [6.07, 6.45) is -0.194. The highest BCUT2D eigenvalue weighted by atomic mass is 31.2. The number of carboxylic acid groups (broad SMARTS) is 1. The van der Waals surface area contributed by atoms with Gasteiger partial charge in [0.2, 0.25) is 11.8 Å². The molecule has 0 fully saturated rings. The molecule has 0 unspecified atom stereocenters. The van der Waals surface area contributed by atoms with E-state index in [-0.39, 0.29) is 12.0 Å². The predicted octanol–water partition coefficient (Wildman–Crippen LogP) is -0.561. The predicted molar refractivity (Wildman–Crippen MR) is 98.4 cm³/mol. The van der Waals surface area contributed by atoms with Gasteiger partial charge in [0.15, 0.2) is 0 Å². The van der Waals surface area contributed by atoms with Crippen LogP contribution >= 0.6 is 7.94 Å². The third kappa shape index (κ3) is 6.65. The van der Waals surface area contributed by atoms with E-state index in [0.29, 0.717) is 0 Å². The van der Waals surface area contributed by atoms with Gasteiger partial charge in [0.05, 0.1) is 11.6 Å². The Kier molecular flexibility index (Phi) is 8.13. The molecule has 1 rings (SSSR count). The lowest BCUT2D eigenvalue weighted by Gasteiger charge is -2.21. The van der Waals surface area contributed by atoms with Gasteiger partial charge in [-0.3, -0.25) is 14.4 Å². The molecule has 8 N–H and O–H groups in total. The number of benzene rings is 1. The summed E-state index contributed by atoms with van der Waals surface area (Å²) in [6.45, 7) is 2.59. The van der Waals surface area contributed by atoms with E-state index in [1.165, 1.54) is 13.8 Å². The average molecular weight is 438 g/mol. The van der Waals surface area contributed by atoms with Gasteiger partial charge < -0.3 is 21.5 Å². The van der Waals surface area contributed by atoms with E-state index in [0.717, 1.165) is 24.3 Å². The molecule has 0 radical (unpaired) electrons. The molecule has 0 spiro atoms. The first-order chi connectivity index (χ1) is 13.2. The molecule has 162 valence electrons. The lowest BCUT2D eigenvalue weighted by atomic mass is 10.0. The number of hydrogen-bond acceptors (Lipinski definition) is 7. The van der Waals surface area contributed by atoms with Crippen LogP contribution in [0.3, 0.4) is 0 Å². The monoisotopic (exact) mass is 438 g/mol. The maximum absolute atomic E-state index is 13.8. The summed E-state index contributed by atoms with van der Waals surface area (Å²) in [4.78, 5) is 61.7. The Balaban J connectivity index is 3.05. The summed E-state index contributed by atoms with van der Waals surface area (Å²) >= 11 is 0. The maximum Gasteiger partial charge on any atom is 0.484 e. The molecule has 0 heterocycles. The molecule has 29 heavy (non-hydrogen) atoms. The molecule has 0 saturated heterocycles. The lowest BCUT2D eigenvalue weighted by molar-refractivity contribution is -0.141. The van der Waals surface area contributed by atoms with Crippen molar-refractivity contribution in [3.8, 4) is 0 Å². The molecule has 0 saturated carbocycles. The van der Waals surface area contributed by atoms with Crippen LogP contribution in [0.5, 0.6) is 0 Å². The third-order valence-corrected chi connectivity index (χ3v) is 4.91. The van der Waals surface area contributed by atoms with Gasteiger partial charge in [0, 0.05) is 6.42 Å². The largest absolute Gasteiger partial charge is 0.484 e. The second-order valence-corrected chi connectivity index (χ2v) is 8.13. The molecule has 10 nitrogen and oxygen atoms in total. The number of aliphatic carboxylic acids is 1. The van der Waals surface area contributed by atoms with E-state index in [4.69, 9.17) is 25.5 Å². The van der Waals surface area contributed by atoms with Crippen LogP contribution in [-0.2, 0) is 26.5 Å². The smallest absolute Gasteiger partial charge is 0.480 e. The van der Waals surface area contributed by atoms with Gasteiger partial charge in [-0.25, -0.2) is 0 Å². The van der Waals surface area contributed by atoms with Gasteiger partial charge in [0.1, 0.15) is 12.1 Å². The van der Waals surface area contributed by atoms with Crippen LogP contribution < -0.4 is 16.4 Å². The highest BCUT2D eigenvalue weighted by Gasteiger charge is 2.63. The molecule has 13 heteroatoms. The van der Waals surface area contributed by atoms with Crippen LogP contribution in [0.1, 0.15) is 25.0 Å². The summed E-state index contributed by atoms with van der Waals surface area (Å²) in [5, 5.41) is 13.4. The Labute approximate surface area is 165 Å². The first-order valence-corrected chi connectivity index (χ1v) is 9.95. The maximum atomic E-state index is 13.8.